The summed E-state index contributed by atoms with van der Waals surface area (Å²) in [5.74, 6) is -0.0970. The molecule has 0 amide bonds. The Morgan fingerprint density at radius 1 is 1.08 bits per heavy atom. The zero-order valence-corrected chi connectivity index (χ0v) is 14.4. The minimum Gasteiger partial charge on any atom is -0.348 e. The summed E-state index contributed by atoms with van der Waals surface area (Å²) in [4.78, 5) is 14.7. The van der Waals surface area contributed by atoms with Crippen LogP contribution in [0.2, 0.25) is 0 Å². The predicted octanol–water partition coefficient (Wildman–Crippen LogP) is 6.16. The smallest absolute Gasteiger partial charge is 0.348 e. The van der Waals surface area contributed by atoms with Gasteiger partial charge in [0.25, 0.3) is 0 Å². The summed E-state index contributed by atoms with van der Waals surface area (Å²) in [7, 11) is 0. The Bertz CT molecular complexity index is 917. The van der Waals surface area contributed by atoms with Crippen LogP contribution in [0, 0.1) is 0 Å². The minimum atomic E-state index is -4.54. The molecule has 0 fully saturated rings. The van der Waals surface area contributed by atoms with Crippen LogP contribution < -0.4 is 0 Å². The fourth-order valence-electron chi connectivity index (χ4n) is 2.78. The largest absolute Gasteiger partial charge is 0.431 e. The molecule has 0 unspecified atom stereocenters. The highest BCUT2D eigenvalue weighted by atomic mass is 19.4. The second kappa shape index (κ2) is 6.83. The molecule has 2 nitrogen and oxygen atoms in total. The summed E-state index contributed by atoms with van der Waals surface area (Å²) < 4.78 is 39.2. The average Bonchev–Trinajstić information content (AvgIpc) is 3.07. The van der Waals surface area contributed by atoms with E-state index < -0.39 is 17.7 Å². The summed E-state index contributed by atoms with van der Waals surface area (Å²) in [5, 5.41) is 0. The Balaban J connectivity index is 1.91. The molecule has 0 atom stereocenters. The molecule has 0 saturated carbocycles. The average molecular weight is 357 g/mol. The van der Waals surface area contributed by atoms with E-state index in [2.05, 4.69) is 18.8 Å². The number of halogens is 3. The number of aromatic amines is 1. The van der Waals surface area contributed by atoms with Gasteiger partial charge in [0.15, 0.2) is 0 Å². The van der Waals surface area contributed by atoms with Crippen LogP contribution in [0.3, 0.4) is 0 Å². The van der Waals surface area contributed by atoms with Crippen molar-refractivity contribution in [2.75, 3.05) is 0 Å². The first-order valence-electron chi connectivity index (χ1n) is 8.27. The van der Waals surface area contributed by atoms with Gasteiger partial charge in [0.1, 0.15) is 5.69 Å². The number of carbonyl (C=O) groups excluding carboxylic acids is 1. The monoisotopic (exact) mass is 357 g/mol. The first-order chi connectivity index (χ1) is 12.3. The van der Waals surface area contributed by atoms with E-state index >= 15 is 0 Å². The number of ketones is 1. The normalized spacial score (nSPS) is 12.4. The summed E-state index contributed by atoms with van der Waals surface area (Å²) in [6.45, 7) is 4.17. The number of hydrogen-bond acceptors (Lipinski definition) is 1. The van der Waals surface area contributed by atoms with E-state index in [-0.39, 0.29) is 5.69 Å². The van der Waals surface area contributed by atoms with Gasteiger partial charge in [-0.2, -0.15) is 13.2 Å². The molecule has 26 heavy (non-hydrogen) atoms. The van der Waals surface area contributed by atoms with Crippen molar-refractivity contribution >= 4 is 11.9 Å². The Labute approximate surface area is 149 Å². The fourth-order valence-corrected chi connectivity index (χ4v) is 2.78. The van der Waals surface area contributed by atoms with Gasteiger partial charge in [0.05, 0.1) is 5.69 Å². The van der Waals surface area contributed by atoms with Gasteiger partial charge in [-0.3, -0.25) is 4.79 Å². The lowest BCUT2D eigenvalue weighted by Gasteiger charge is -2.13. The van der Waals surface area contributed by atoms with Gasteiger partial charge in [-0.1, -0.05) is 62.4 Å². The van der Waals surface area contributed by atoms with Crippen LogP contribution in [0.4, 0.5) is 13.2 Å². The number of benzene rings is 1. The third-order valence-corrected chi connectivity index (χ3v) is 4.26. The van der Waals surface area contributed by atoms with Gasteiger partial charge >= 0.3 is 6.18 Å². The number of pyridine rings is 1. The Hall–Kier alpha value is -2.82. The topological polar surface area (TPSA) is 32.9 Å². The van der Waals surface area contributed by atoms with Gasteiger partial charge in [-0.15, -0.1) is 0 Å². The van der Waals surface area contributed by atoms with Gasteiger partial charge < -0.3 is 4.98 Å². The zero-order chi connectivity index (χ0) is 18.9. The molecule has 1 N–H and O–H groups in total. The van der Waals surface area contributed by atoms with Crippen LogP contribution in [0.1, 0.15) is 47.1 Å². The van der Waals surface area contributed by atoms with Crippen molar-refractivity contribution in [2.24, 2.45) is 0 Å². The first kappa shape index (κ1) is 18.0. The van der Waals surface area contributed by atoms with Crippen LogP contribution in [0.25, 0.3) is 17.2 Å². The molecule has 0 spiro atoms. The lowest BCUT2D eigenvalue weighted by Crippen LogP contribution is -2.12. The third-order valence-electron chi connectivity index (χ3n) is 4.26. The molecule has 3 rings (SSSR count). The standard InChI is InChI=1S/C21H18F3NO/c1-13(2)15-9-6-14(7-10-15)8-11-18(26)20-17-5-3-4-16(17)12-19(25-20)21(22,23)24/h3-13,25H,1-2H3. The molecule has 134 valence electrons. The van der Waals surface area contributed by atoms with E-state index in [1.54, 1.807) is 24.3 Å². The summed E-state index contributed by atoms with van der Waals surface area (Å²) in [6.07, 6.45) is -1.64. The lowest BCUT2D eigenvalue weighted by molar-refractivity contribution is -0.141. The number of nitrogens with one attached hydrogen (secondary N) is 1. The molecule has 0 radical (unpaired) electrons. The number of H-pyrrole nitrogens is 1. The SMILES string of the molecule is CC(C)c1ccc(C=CC(=O)c2[nH]c(C(F)(F)F)cc3cccc2-3)cc1. The van der Waals surface area contributed by atoms with Crippen molar-refractivity contribution in [3.63, 3.8) is 0 Å². The molecule has 0 aromatic heterocycles. The van der Waals surface area contributed by atoms with Crippen molar-refractivity contribution in [3.05, 3.63) is 77.1 Å². The highest BCUT2D eigenvalue weighted by Gasteiger charge is 2.33. The van der Waals surface area contributed by atoms with Crippen LogP contribution in [-0.2, 0) is 6.18 Å². The molecule has 0 saturated heterocycles. The molecule has 1 aromatic carbocycles. The molecule has 0 bridgehead atoms. The van der Waals surface area contributed by atoms with E-state index in [0.29, 0.717) is 17.0 Å². The first-order valence-corrected chi connectivity index (χ1v) is 8.27. The molecule has 1 aliphatic carbocycles. The molecule has 5 heteroatoms. The second-order valence-electron chi connectivity index (χ2n) is 6.47. The van der Waals surface area contributed by atoms with Crippen molar-refractivity contribution < 1.29 is 18.0 Å². The molecule has 1 aromatic rings. The Morgan fingerprint density at radius 2 is 1.77 bits per heavy atom. The van der Waals surface area contributed by atoms with Gasteiger partial charge in [-0.05, 0) is 34.8 Å². The molecule has 1 aliphatic heterocycles. The maximum absolute atomic E-state index is 13.1. The van der Waals surface area contributed by atoms with Crippen molar-refractivity contribution in [1.82, 2.24) is 4.98 Å². The Morgan fingerprint density at radius 3 is 2.38 bits per heavy atom. The van der Waals surface area contributed by atoms with Crippen LogP contribution in [0.5, 0.6) is 0 Å². The fraction of sp³-hybridized carbons (Fsp3) is 0.190. The van der Waals surface area contributed by atoms with Gasteiger partial charge in [-0.25, -0.2) is 0 Å². The maximum Gasteiger partial charge on any atom is 0.431 e. The predicted molar refractivity (Wildman–Crippen MR) is 96.3 cm³/mol. The van der Waals surface area contributed by atoms with Gasteiger partial charge in [0.2, 0.25) is 5.78 Å². The zero-order valence-electron chi connectivity index (χ0n) is 14.4. The lowest BCUT2D eigenvalue weighted by atomic mass is 10.0. The molecular formula is C21H18F3NO. The highest BCUT2D eigenvalue weighted by molar-refractivity contribution is 6.09. The Kier molecular flexibility index (Phi) is 4.72. The van der Waals surface area contributed by atoms with Crippen molar-refractivity contribution in [1.29, 1.82) is 0 Å². The number of aromatic nitrogens is 1. The summed E-state index contributed by atoms with van der Waals surface area (Å²) >= 11 is 0. The summed E-state index contributed by atoms with van der Waals surface area (Å²) in [6, 6.07) is 13.5. The molecule has 1 heterocycles. The highest BCUT2D eigenvalue weighted by Crippen LogP contribution is 2.34. The van der Waals surface area contributed by atoms with Crippen LogP contribution in [0.15, 0.2) is 54.6 Å². The minimum absolute atomic E-state index is 0.0603. The number of allylic oxidation sites excluding steroid dienone is 1. The third kappa shape index (κ3) is 3.72. The van der Waals surface area contributed by atoms with Crippen molar-refractivity contribution in [2.45, 2.75) is 25.9 Å². The number of carbonyl (C=O) groups is 1. The molecular weight excluding hydrogens is 339 g/mol. The van der Waals surface area contributed by atoms with E-state index in [1.165, 1.54) is 11.6 Å². The second-order valence-corrected chi connectivity index (χ2v) is 6.47. The van der Waals surface area contributed by atoms with Crippen LogP contribution in [-0.4, -0.2) is 10.8 Å². The number of alkyl halides is 3. The van der Waals surface area contributed by atoms with E-state index in [0.717, 1.165) is 11.6 Å². The number of rotatable bonds is 4. The summed E-state index contributed by atoms with van der Waals surface area (Å²) in [5.41, 5.74) is 1.85. The van der Waals surface area contributed by atoms with E-state index in [4.69, 9.17) is 0 Å². The van der Waals surface area contributed by atoms with Gasteiger partial charge in [0, 0.05) is 5.56 Å². The maximum atomic E-state index is 13.1. The van der Waals surface area contributed by atoms with Crippen LogP contribution >= 0.6 is 0 Å². The number of hydrogen-bond donors (Lipinski definition) is 1. The molecule has 2 aliphatic rings. The van der Waals surface area contributed by atoms with E-state index in [1.807, 2.05) is 24.3 Å². The quantitative estimate of drug-likeness (QED) is 0.440. The number of fused-ring (bicyclic) bond motifs is 1. The van der Waals surface area contributed by atoms with Crippen molar-refractivity contribution in [3.8, 4) is 11.1 Å². The van der Waals surface area contributed by atoms with E-state index in [9.17, 15) is 18.0 Å².